The minimum Gasteiger partial charge on any atom is -0.507 e. The van der Waals surface area contributed by atoms with E-state index in [0.717, 1.165) is 0 Å². The van der Waals surface area contributed by atoms with Crippen molar-refractivity contribution in [1.82, 2.24) is 0 Å². The van der Waals surface area contributed by atoms with Crippen LogP contribution in [0.4, 0.5) is 5.69 Å². The lowest BCUT2D eigenvalue weighted by atomic mass is 9.98. The second-order valence-electron chi connectivity index (χ2n) is 6.06. The lowest BCUT2D eigenvalue weighted by Gasteiger charge is -2.15. The van der Waals surface area contributed by atoms with Crippen LogP contribution in [-0.4, -0.2) is 15.3 Å². The molecular weight excluding hydrogens is 398 g/mol. The number of fused-ring (bicyclic) bond motifs is 2. The summed E-state index contributed by atoms with van der Waals surface area (Å²) in [7, 11) is 0. The Morgan fingerprint density at radius 1 is 0.862 bits per heavy atom. The van der Waals surface area contributed by atoms with Gasteiger partial charge in [-0.3, -0.25) is 0 Å². The lowest BCUT2D eigenvalue weighted by Crippen LogP contribution is -1.89. The second-order valence-corrected chi connectivity index (χ2v) is 6.50. The van der Waals surface area contributed by atoms with Gasteiger partial charge in [0.2, 0.25) is 0 Å². The zero-order valence-electron chi connectivity index (χ0n) is 14.6. The summed E-state index contributed by atoms with van der Waals surface area (Å²) in [4.78, 5) is 10.5. The summed E-state index contributed by atoms with van der Waals surface area (Å²) in [5.74, 6) is -0.562. The van der Waals surface area contributed by atoms with E-state index < -0.39 is 0 Å². The van der Waals surface area contributed by atoms with E-state index in [2.05, 4.69) is 15.6 Å². The Balaban J connectivity index is 2.07. The molecule has 4 aromatic carbocycles. The molecule has 0 aliphatic heterocycles. The molecule has 0 aromatic heterocycles. The number of ether oxygens (including phenoxy) is 1. The fraction of sp³-hybridized carbons (Fsp3) is 0. The molecule has 0 radical (unpaired) electrons. The van der Waals surface area contributed by atoms with Gasteiger partial charge in [-0.25, -0.2) is 0 Å². The van der Waals surface area contributed by atoms with Gasteiger partial charge in [-0.2, -0.15) is 0 Å². The van der Waals surface area contributed by atoms with E-state index in [1.54, 1.807) is 48.5 Å². The first-order chi connectivity index (χ1) is 14.0. The fourth-order valence-corrected chi connectivity index (χ4v) is 3.27. The summed E-state index contributed by atoms with van der Waals surface area (Å²) in [6.07, 6.45) is 0. The van der Waals surface area contributed by atoms with E-state index in [0.29, 0.717) is 21.5 Å². The Morgan fingerprint density at radius 3 is 2.10 bits per heavy atom. The highest BCUT2D eigenvalue weighted by atomic mass is 35.5. The maximum atomic E-state index is 10.9. The molecule has 0 spiro atoms. The van der Waals surface area contributed by atoms with Gasteiger partial charge in [0, 0.05) is 21.9 Å². The first-order valence-electron chi connectivity index (χ1n) is 8.30. The number of aromatic hydroxyl groups is 3. The summed E-state index contributed by atoms with van der Waals surface area (Å²) in [6, 6.07) is 14.1. The first-order valence-corrected chi connectivity index (χ1v) is 8.68. The molecule has 0 heterocycles. The Kier molecular flexibility index (Phi) is 4.61. The molecule has 0 unspecified atom stereocenters. The molecule has 144 valence electrons. The molecule has 3 N–H and O–H groups in total. The number of benzene rings is 4. The number of phenols is 3. The normalized spacial score (nSPS) is 11.3. The molecule has 4 aromatic rings. The fourth-order valence-electron chi connectivity index (χ4n) is 3.14. The summed E-state index contributed by atoms with van der Waals surface area (Å²) < 4.78 is 5.75. The van der Waals surface area contributed by atoms with Gasteiger partial charge in [0.25, 0.3) is 0 Å². The molecule has 29 heavy (non-hydrogen) atoms. The molecule has 0 aliphatic carbocycles. The van der Waals surface area contributed by atoms with Crippen molar-refractivity contribution in [3.8, 4) is 28.7 Å². The minimum atomic E-state index is -0.361. The van der Waals surface area contributed by atoms with Crippen molar-refractivity contribution in [2.75, 3.05) is 0 Å². The molecule has 0 amide bonds. The van der Waals surface area contributed by atoms with Crippen LogP contribution in [0.3, 0.4) is 0 Å². The number of phenolic OH excluding ortho intramolecular Hbond substituents is 3. The van der Waals surface area contributed by atoms with Gasteiger partial charge in [0.05, 0.1) is 10.8 Å². The minimum absolute atomic E-state index is 0.0188. The van der Waals surface area contributed by atoms with E-state index in [1.165, 1.54) is 6.07 Å². The van der Waals surface area contributed by atoms with Crippen LogP contribution in [0.1, 0.15) is 0 Å². The van der Waals surface area contributed by atoms with Gasteiger partial charge < -0.3 is 20.1 Å². The predicted octanol–water partition coefficient (Wildman–Crippen LogP) is 6.32. The zero-order valence-corrected chi connectivity index (χ0v) is 15.3. The standard InChI is InChI=1S/C20H12ClN3O5/c21-10-5-7-11(8-6-10)29-15-9-14(25)16-17(18(15)22-23-24-28)20(27)13-4-2-1-3-12(13)19(16)26/h1-9,25-27H. The number of halogens is 1. The molecule has 0 atom stereocenters. The summed E-state index contributed by atoms with van der Waals surface area (Å²) >= 11 is 5.87. The van der Waals surface area contributed by atoms with Gasteiger partial charge in [-0.15, -0.1) is 10.0 Å². The zero-order chi connectivity index (χ0) is 20.5. The Hall–Kier alpha value is -3.91. The average molecular weight is 410 g/mol. The summed E-state index contributed by atoms with van der Waals surface area (Å²) in [6.45, 7) is 0. The van der Waals surface area contributed by atoms with Crippen LogP contribution in [0.5, 0.6) is 28.7 Å². The van der Waals surface area contributed by atoms with E-state index in [1.807, 2.05) is 0 Å². The second kappa shape index (κ2) is 7.25. The van der Waals surface area contributed by atoms with Crippen LogP contribution < -0.4 is 4.74 Å². The SMILES string of the molecule is O=NN=Nc1c(Oc2ccc(Cl)cc2)cc(O)c2c(O)c3ccccc3c(O)c12. The van der Waals surface area contributed by atoms with Crippen molar-refractivity contribution in [3.63, 3.8) is 0 Å². The quantitative estimate of drug-likeness (QED) is 0.119. The summed E-state index contributed by atoms with van der Waals surface area (Å²) in [5, 5.41) is 42.3. The number of hydrogen-bond donors (Lipinski definition) is 3. The van der Waals surface area contributed by atoms with Crippen molar-refractivity contribution in [2.24, 2.45) is 15.6 Å². The maximum Gasteiger partial charge on any atom is 0.159 e. The van der Waals surface area contributed by atoms with Gasteiger partial charge >= 0.3 is 0 Å². The number of rotatable bonds is 4. The van der Waals surface area contributed by atoms with Gasteiger partial charge in [0.1, 0.15) is 34.0 Å². The Bertz CT molecular complexity index is 1290. The predicted molar refractivity (Wildman–Crippen MR) is 108 cm³/mol. The van der Waals surface area contributed by atoms with Crippen LogP contribution in [0.15, 0.2) is 70.2 Å². The van der Waals surface area contributed by atoms with Gasteiger partial charge in [0.15, 0.2) is 5.75 Å². The number of nitrogens with zero attached hydrogens (tertiary/aromatic N) is 3. The van der Waals surface area contributed by atoms with Crippen LogP contribution in [-0.2, 0) is 0 Å². The molecule has 0 saturated carbocycles. The van der Waals surface area contributed by atoms with Gasteiger partial charge in [-0.1, -0.05) is 35.9 Å². The third-order valence-electron chi connectivity index (χ3n) is 4.38. The van der Waals surface area contributed by atoms with Crippen LogP contribution in [0.2, 0.25) is 5.02 Å². The van der Waals surface area contributed by atoms with E-state index >= 15 is 0 Å². The van der Waals surface area contributed by atoms with Crippen molar-refractivity contribution in [3.05, 3.63) is 64.5 Å². The smallest absolute Gasteiger partial charge is 0.159 e. The average Bonchev–Trinajstić information content (AvgIpc) is 2.72. The van der Waals surface area contributed by atoms with E-state index in [-0.39, 0.29) is 39.5 Å². The molecular formula is C20H12ClN3O5. The summed E-state index contributed by atoms with van der Waals surface area (Å²) in [5.41, 5.74) is -0.0918. The molecule has 0 bridgehead atoms. The van der Waals surface area contributed by atoms with Gasteiger partial charge in [-0.05, 0) is 29.5 Å². The largest absolute Gasteiger partial charge is 0.507 e. The van der Waals surface area contributed by atoms with E-state index in [9.17, 15) is 20.2 Å². The molecule has 8 nitrogen and oxygen atoms in total. The highest BCUT2D eigenvalue weighted by Crippen LogP contribution is 2.52. The van der Waals surface area contributed by atoms with Crippen LogP contribution >= 0.6 is 11.6 Å². The van der Waals surface area contributed by atoms with Crippen molar-refractivity contribution >= 4 is 38.8 Å². The maximum absolute atomic E-state index is 10.9. The number of hydrogen-bond acceptors (Lipinski definition) is 6. The monoisotopic (exact) mass is 409 g/mol. The molecule has 4 rings (SSSR count). The van der Waals surface area contributed by atoms with Crippen molar-refractivity contribution in [2.45, 2.75) is 0 Å². The van der Waals surface area contributed by atoms with Crippen molar-refractivity contribution in [1.29, 1.82) is 0 Å². The van der Waals surface area contributed by atoms with Crippen LogP contribution in [0, 0.1) is 4.91 Å². The molecule has 9 heteroatoms. The topological polar surface area (TPSA) is 124 Å². The lowest BCUT2D eigenvalue weighted by molar-refractivity contribution is 0.451. The molecule has 0 saturated heterocycles. The third kappa shape index (κ3) is 3.15. The number of nitroso groups, excluding NO2 is 1. The van der Waals surface area contributed by atoms with Crippen molar-refractivity contribution < 1.29 is 20.1 Å². The van der Waals surface area contributed by atoms with Crippen LogP contribution in [0.25, 0.3) is 21.5 Å². The van der Waals surface area contributed by atoms with E-state index in [4.69, 9.17) is 16.3 Å². The third-order valence-corrected chi connectivity index (χ3v) is 4.63. The highest BCUT2D eigenvalue weighted by Gasteiger charge is 2.23. The Labute approximate surface area is 168 Å². The molecule has 0 aliphatic rings. The highest BCUT2D eigenvalue weighted by molar-refractivity contribution is 6.30. The molecule has 0 fully saturated rings. The first kappa shape index (κ1) is 18.5. The Morgan fingerprint density at radius 2 is 1.48 bits per heavy atom.